The molecule has 0 saturated heterocycles. The molecule has 4 heteroatoms. The van der Waals surface area contributed by atoms with E-state index in [-0.39, 0.29) is 19.2 Å². The summed E-state index contributed by atoms with van der Waals surface area (Å²) in [5, 5.41) is 13.7. The molecule has 1 aromatic carbocycles. The van der Waals surface area contributed by atoms with Gasteiger partial charge in [-0.2, -0.15) is 0 Å². The number of carbonyl (C=O) groups is 1. The Morgan fingerprint density at radius 1 is 1.19 bits per heavy atom. The average molecular weight is 222 g/mol. The Morgan fingerprint density at radius 2 is 1.81 bits per heavy atom. The maximum Gasteiger partial charge on any atom is 0.314 e. The van der Waals surface area contributed by atoms with Crippen LogP contribution in [0.5, 0.6) is 0 Å². The first-order valence-corrected chi connectivity index (χ1v) is 5.40. The Kier molecular flexibility index (Phi) is 5.36. The van der Waals surface area contributed by atoms with Crippen LogP contribution in [0.2, 0.25) is 0 Å². The molecule has 16 heavy (non-hydrogen) atoms. The molecule has 0 atom stereocenters. The maximum atomic E-state index is 11.1. The van der Waals surface area contributed by atoms with E-state index in [1.165, 1.54) is 11.1 Å². The molecule has 0 spiro atoms. The summed E-state index contributed by atoms with van der Waals surface area (Å²) in [6.45, 7) is 2.90. The van der Waals surface area contributed by atoms with E-state index in [2.05, 4.69) is 34.9 Å². The van der Waals surface area contributed by atoms with E-state index in [0.717, 1.165) is 6.42 Å². The van der Waals surface area contributed by atoms with Crippen molar-refractivity contribution in [3.63, 3.8) is 0 Å². The quantitative estimate of drug-likeness (QED) is 0.691. The zero-order valence-corrected chi connectivity index (χ0v) is 9.49. The summed E-state index contributed by atoms with van der Waals surface area (Å²) < 4.78 is 0. The fraction of sp³-hybridized carbons (Fsp3) is 0.417. The number of amides is 2. The summed E-state index contributed by atoms with van der Waals surface area (Å²) in [6.07, 6.45) is 0.812. The molecule has 3 N–H and O–H groups in total. The Labute approximate surface area is 95.7 Å². The van der Waals surface area contributed by atoms with Crippen molar-refractivity contribution < 1.29 is 9.90 Å². The molecule has 2 amide bonds. The summed E-state index contributed by atoms with van der Waals surface area (Å²) in [5.74, 6) is 0. The first-order chi connectivity index (χ1) is 7.72. The van der Waals surface area contributed by atoms with Gasteiger partial charge in [0.2, 0.25) is 0 Å². The number of nitrogens with one attached hydrogen (secondary N) is 2. The van der Waals surface area contributed by atoms with Gasteiger partial charge in [0.15, 0.2) is 0 Å². The van der Waals surface area contributed by atoms with Crippen molar-refractivity contribution in [2.45, 2.75) is 13.3 Å². The molecule has 88 valence electrons. The van der Waals surface area contributed by atoms with Gasteiger partial charge in [0, 0.05) is 13.1 Å². The van der Waals surface area contributed by atoms with Crippen molar-refractivity contribution >= 4 is 6.03 Å². The van der Waals surface area contributed by atoms with E-state index in [1.807, 2.05) is 6.92 Å². The fourth-order valence-corrected chi connectivity index (χ4v) is 1.31. The van der Waals surface area contributed by atoms with Gasteiger partial charge in [0.25, 0.3) is 0 Å². The second kappa shape index (κ2) is 6.85. The summed E-state index contributed by atoms with van der Waals surface area (Å²) in [4.78, 5) is 11.1. The van der Waals surface area contributed by atoms with Crippen LogP contribution in [0.1, 0.15) is 11.1 Å². The van der Waals surface area contributed by atoms with Crippen molar-refractivity contribution in [2.75, 3.05) is 19.7 Å². The predicted octanol–water partition coefficient (Wildman–Crippen LogP) is 0.829. The van der Waals surface area contributed by atoms with Crippen molar-refractivity contribution in [3.8, 4) is 0 Å². The van der Waals surface area contributed by atoms with Gasteiger partial charge in [0.05, 0.1) is 6.61 Å². The molecule has 0 aromatic heterocycles. The van der Waals surface area contributed by atoms with Gasteiger partial charge in [-0.25, -0.2) is 4.79 Å². The minimum Gasteiger partial charge on any atom is -0.395 e. The van der Waals surface area contributed by atoms with Crippen molar-refractivity contribution in [1.82, 2.24) is 10.6 Å². The van der Waals surface area contributed by atoms with Gasteiger partial charge in [-0.3, -0.25) is 0 Å². The normalized spacial score (nSPS) is 9.88. The molecule has 1 rings (SSSR count). The van der Waals surface area contributed by atoms with Crippen molar-refractivity contribution in [3.05, 3.63) is 35.4 Å². The number of hydrogen-bond donors (Lipinski definition) is 3. The Bertz CT molecular complexity index is 322. The lowest BCUT2D eigenvalue weighted by molar-refractivity contribution is 0.234. The highest BCUT2D eigenvalue weighted by Gasteiger charge is 1.98. The molecule has 0 aliphatic rings. The van der Waals surface area contributed by atoms with E-state index >= 15 is 0 Å². The molecule has 0 unspecified atom stereocenters. The molecule has 0 heterocycles. The van der Waals surface area contributed by atoms with E-state index < -0.39 is 0 Å². The van der Waals surface area contributed by atoms with Crippen molar-refractivity contribution in [1.29, 1.82) is 0 Å². The maximum absolute atomic E-state index is 11.1. The highest BCUT2D eigenvalue weighted by Crippen LogP contribution is 2.02. The lowest BCUT2D eigenvalue weighted by Crippen LogP contribution is -2.37. The van der Waals surface area contributed by atoms with E-state index in [1.54, 1.807) is 0 Å². The van der Waals surface area contributed by atoms with Crippen LogP contribution in [0, 0.1) is 6.92 Å². The number of aliphatic hydroxyl groups excluding tert-OH is 1. The highest BCUT2D eigenvalue weighted by atomic mass is 16.3. The van der Waals surface area contributed by atoms with Crippen LogP contribution in [0.15, 0.2) is 24.3 Å². The molecule has 0 radical (unpaired) electrons. The average Bonchev–Trinajstić information content (AvgIpc) is 2.29. The third kappa shape index (κ3) is 4.79. The molecule has 0 aliphatic heterocycles. The first kappa shape index (κ1) is 12.5. The van der Waals surface area contributed by atoms with Gasteiger partial charge in [-0.1, -0.05) is 29.8 Å². The monoisotopic (exact) mass is 222 g/mol. The number of carbonyl (C=O) groups excluding carboxylic acids is 1. The topological polar surface area (TPSA) is 61.4 Å². The molecule has 0 fully saturated rings. The zero-order chi connectivity index (χ0) is 11.8. The van der Waals surface area contributed by atoms with E-state index in [4.69, 9.17) is 5.11 Å². The lowest BCUT2D eigenvalue weighted by Gasteiger charge is -2.06. The van der Waals surface area contributed by atoms with E-state index in [0.29, 0.717) is 6.54 Å². The number of aryl methyl sites for hydroxylation is 1. The van der Waals surface area contributed by atoms with Gasteiger partial charge < -0.3 is 15.7 Å². The molecule has 0 saturated carbocycles. The second-order valence-electron chi connectivity index (χ2n) is 3.64. The third-order valence-electron chi connectivity index (χ3n) is 2.22. The second-order valence-corrected chi connectivity index (χ2v) is 3.64. The highest BCUT2D eigenvalue weighted by molar-refractivity contribution is 5.73. The summed E-state index contributed by atoms with van der Waals surface area (Å²) in [6, 6.07) is 7.99. The predicted molar refractivity (Wildman–Crippen MR) is 63.4 cm³/mol. The first-order valence-electron chi connectivity index (χ1n) is 5.40. The molecule has 0 bridgehead atoms. The third-order valence-corrected chi connectivity index (χ3v) is 2.22. The number of urea groups is 1. The Morgan fingerprint density at radius 3 is 2.44 bits per heavy atom. The Hall–Kier alpha value is -1.55. The minimum atomic E-state index is -0.235. The number of rotatable bonds is 5. The van der Waals surface area contributed by atoms with Crippen LogP contribution < -0.4 is 10.6 Å². The minimum absolute atomic E-state index is 0.0363. The molecular formula is C12H18N2O2. The molecule has 4 nitrogen and oxygen atoms in total. The Balaban J connectivity index is 2.20. The zero-order valence-electron chi connectivity index (χ0n) is 9.49. The smallest absolute Gasteiger partial charge is 0.314 e. The van der Waals surface area contributed by atoms with Crippen LogP contribution in [0.25, 0.3) is 0 Å². The molecular weight excluding hydrogens is 204 g/mol. The van der Waals surface area contributed by atoms with Crippen LogP contribution in [0.4, 0.5) is 4.79 Å². The van der Waals surface area contributed by atoms with Crippen LogP contribution in [-0.2, 0) is 6.42 Å². The molecule has 1 aromatic rings. The van der Waals surface area contributed by atoms with Crippen LogP contribution in [-0.4, -0.2) is 30.8 Å². The SMILES string of the molecule is Cc1ccc(CCNC(=O)NCCO)cc1. The van der Waals surface area contributed by atoms with E-state index in [9.17, 15) is 4.79 Å². The van der Waals surface area contributed by atoms with Crippen LogP contribution in [0.3, 0.4) is 0 Å². The molecule has 0 aliphatic carbocycles. The van der Waals surface area contributed by atoms with Gasteiger partial charge in [-0.05, 0) is 18.9 Å². The summed E-state index contributed by atoms with van der Waals surface area (Å²) >= 11 is 0. The van der Waals surface area contributed by atoms with Crippen molar-refractivity contribution in [2.24, 2.45) is 0 Å². The largest absolute Gasteiger partial charge is 0.395 e. The fourth-order valence-electron chi connectivity index (χ4n) is 1.31. The lowest BCUT2D eigenvalue weighted by atomic mass is 10.1. The number of aliphatic hydroxyl groups is 1. The van der Waals surface area contributed by atoms with Gasteiger partial charge in [0.1, 0.15) is 0 Å². The van der Waals surface area contributed by atoms with Gasteiger partial charge >= 0.3 is 6.03 Å². The summed E-state index contributed by atoms with van der Waals surface area (Å²) in [7, 11) is 0. The van der Waals surface area contributed by atoms with Crippen LogP contribution >= 0.6 is 0 Å². The standard InChI is InChI=1S/C12H18N2O2/c1-10-2-4-11(5-3-10)6-7-13-12(16)14-8-9-15/h2-5,15H,6-9H2,1H3,(H2,13,14,16). The summed E-state index contributed by atoms with van der Waals surface area (Å²) in [5.41, 5.74) is 2.44. The van der Waals surface area contributed by atoms with Gasteiger partial charge in [-0.15, -0.1) is 0 Å². The number of benzene rings is 1. The number of hydrogen-bond acceptors (Lipinski definition) is 2.